The number of methoxy groups -OCH3 is 1. The van der Waals surface area contributed by atoms with Crippen LogP contribution in [0.2, 0.25) is 0 Å². The Morgan fingerprint density at radius 1 is 1.06 bits per heavy atom. The number of benzene rings is 4. The Morgan fingerprint density at radius 2 is 1.83 bits per heavy atom. The van der Waals surface area contributed by atoms with Gasteiger partial charge in [-0.2, -0.15) is 0 Å². The summed E-state index contributed by atoms with van der Waals surface area (Å²) >= 11 is 0. The summed E-state index contributed by atoms with van der Waals surface area (Å²) in [5.41, 5.74) is 4.75. The molecule has 0 spiro atoms. The fourth-order valence-electron chi connectivity index (χ4n) is 5.00. The van der Waals surface area contributed by atoms with Gasteiger partial charge < -0.3 is 19.7 Å². The molecule has 5 heteroatoms. The van der Waals surface area contributed by atoms with Crippen molar-refractivity contribution in [2.24, 2.45) is 0 Å². The molecular formula is C31H32N2O3. The van der Waals surface area contributed by atoms with Gasteiger partial charge >= 0.3 is 5.97 Å². The van der Waals surface area contributed by atoms with Crippen molar-refractivity contribution in [2.75, 3.05) is 25.1 Å². The summed E-state index contributed by atoms with van der Waals surface area (Å²) in [6, 6.07) is 29.2. The first-order chi connectivity index (χ1) is 17.5. The van der Waals surface area contributed by atoms with E-state index in [0.717, 1.165) is 35.7 Å². The van der Waals surface area contributed by atoms with Crippen molar-refractivity contribution in [1.29, 1.82) is 0 Å². The second kappa shape index (κ2) is 10.4. The van der Waals surface area contributed by atoms with Crippen molar-refractivity contribution in [3.63, 3.8) is 0 Å². The summed E-state index contributed by atoms with van der Waals surface area (Å²) in [5.74, 6) is 0.537. The average molecular weight is 481 g/mol. The molecule has 1 unspecified atom stereocenters. The second-order valence-corrected chi connectivity index (χ2v) is 9.34. The quantitative estimate of drug-likeness (QED) is 0.303. The Hall–Kier alpha value is -3.83. The van der Waals surface area contributed by atoms with E-state index in [1.165, 1.54) is 23.4 Å². The van der Waals surface area contributed by atoms with Crippen molar-refractivity contribution in [3.05, 3.63) is 102 Å². The van der Waals surface area contributed by atoms with E-state index in [1.54, 1.807) is 0 Å². The van der Waals surface area contributed by atoms with Crippen LogP contribution in [0.4, 0.5) is 11.4 Å². The Kier molecular flexibility index (Phi) is 6.92. The second-order valence-electron chi connectivity index (χ2n) is 9.34. The zero-order valence-corrected chi connectivity index (χ0v) is 21.0. The number of anilines is 2. The number of hydrogen-bond acceptors (Lipinski definition) is 5. The summed E-state index contributed by atoms with van der Waals surface area (Å²) in [6.07, 6.45) is 0.866. The molecule has 0 amide bonds. The van der Waals surface area contributed by atoms with Gasteiger partial charge in [0.2, 0.25) is 0 Å². The van der Waals surface area contributed by atoms with Crippen molar-refractivity contribution in [1.82, 2.24) is 5.32 Å². The molecule has 0 saturated heterocycles. The number of nitrogens with zero attached hydrogens (tertiary/aromatic N) is 1. The van der Waals surface area contributed by atoms with Crippen molar-refractivity contribution < 1.29 is 14.3 Å². The maximum atomic E-state index is 12.3. The van der Waals surface area contributed by atoms with Crippen LogP contribution in [0.5, 0.6) is 5.75 Å². The van der Waals surface area contributed by atoms with Gasteiger partial charge in [0, 0.05) is 11.7 Å². The maximum Gasteiger partial charge on any atom is 0.338 e. The van der Waals surface area contributed by atoms with E-state index < -0.39 is 0 Å². The number of nitrogens with one attached hydrogen (secondary N) is 1. The van der Waals surface area contributed by atoms with Gasteiger partial charge in [0.05, 0.1) is 24.9 Å². The summed E-state index contributed by atoms with van der Waals surface area (Å²) < 4.78 is 11.4. The van der Waals surface area contributed by atoms with Crippen molar-refractivity contribution in [3.8, 4) is 5.75 Å². The molecule has 0 radical (unpaired) electrons. The predicted molar refractivity (Wildman–Crippen MR) is 145 cm³/mol. The molecule has 4 aromatic carbocycles. The highest BCUT2D eigenvalue weighted by atomic mass is 16.5. The molecule has 1 heterocycles. The molecule has 1 aliphatic heterocycles. The van der Waals surface area contributed by atoms with Crippen molar-refractivity contribution >= 4 is 28.1 Å². The van der Waals surface area contributed by atoms with Crippen LogP contribution in [-0.4, -0.2) is 32.3 Å². The minimum Gasteiger partial charge on any atom is -0.486 e. The first-order valence-corrected chi connectivity index (χ1v) is 12.5. The van der Waals surface area contributed by atoms with Gasteiger partial charge in [-0.25, -0.2) is 4.79 Å². The molecule has 36 heavy (non-hydrogen) atoms. The minimum absolute atomic E-state index is 0.00926. The number of fused-ring (bicyclic) bond motifs is 2. The third kappa shape index (κ3) is 4.79. The van der Waals surface area contributed by atoms with E-state index >= 15 is 0 Å². The molecule has 4 aromatic rings. The number of hydrogen-bond donors (Lipinski definition) is 1. The molecule has 1 aliphatic rings. The lowest BCUT2D eigenvalue weighted by atomic mass is 9.99. The van der Waals surface area contributed by atoms with Gasteiger partial charge in [0.15, 0.2) is 0 Å². The highest BCUT2D eigenvalue weighted by molar-refractivity contribution is 5.92. The van der Waals surface area contributed by atoms with E-state index in [9.17, 15) is 4.79 Å². The monoisotopic (exact) mass is 480 g/mol. The topological polar surface area (TPSA) is 50.8 Å². The highest BCUT2D eigenvalue weighted by Crippen LogP contribution is 2.39. The molecule has 1 N–H and O–H groups in total. The van der Waals surface area contributed by atoms with E-state index in [0.29, 0.717) is 12.1 Å². The lowest BCUT2D eigenvalue weighted by Crippen LogP contribution is -2.39. The third-order valence-electron chi connectivity index (χ3n) is 6.98. The lowest BCUT2D eigenvalue weighted by Gasteiger charge is -2.36. The molecule has 0 fully saturated rings. The van der Waals surface area contributed by atoms with Gasteiger partial charge in [0.1, 0.15) is 11.9 Å². The molecule has 5 rings (SSSR count). The van der Waals surface area contributed by atoms with Crippen LogP contribution in [0.25, 0.3) is 10.8 Å². The van der Waals surface area contributed by atoms with Crippen molar-refractivity contribution in [2.45, 2.75) is 32.4 Å². The number of carbonyl (C=O) groups is 1. The minimum atomic E-state index is -0.320. The van der Waals surface area contributed by atoms with Gasteiger partial charge in [-0.1, -0.05) is 60.7 Å². The number of aryl methyl sites for hydroxylation is 1. The normalized spacial score (nSPS) is 15.8. The Morgan fingerprint density at radius 3 is 2.69 bits per heavy atom. The van der Waals surface area contributed by atoms with Crippen LogP contribution in [0.15, 0.2) is 84.9 Å². The summed E-state index contributed by atoms with van der Waals surface area (Å²) in [6.45, 7) is 5.66. The first-order valence-electron chi connectivity index (χ1n) is 12.5. The smallest absolute Gasteiger partial charge is 0.338 e. The molecular weight excluding hydrogens is 448 g/mol. The number of esters is 1. The summed E-state index contributed by atoms with van der Waals surface area (Å²) in [7, 11) is 1.42. The third-order valence-corrected chi connectivity index (χ3v) is 6.98. The first kappa shape index (κ1) is 23.9. The van der Waals surface area contributed by atoms with Gasteiger partial charge in [-0.05, 0) is 73.0 Å². The zero-order valence-electron chi connectivity index (χ0n) is 21.0. The van der Waals surface area contributed by atoms with E-state index in [2.05, 4.69) is 71.7 Å². The van der Waals surface area contributed by atoms with Gasteiger partial charge in [-0.3, -0.25) is 0 Å². The molecule has 0 bridgehead atoms. The van der Waals surface area contributed by atoms with Crippen LogP contribution in [0.3, 0.4) is 0 Å². The number of carbonyl (C=O) groups excluding carboxylic acids is 1. The molecule has 0 aromatic heterocycles. The fourth-order valence-corrected chi connectivity index (χ4v) is 5.00. The van der Waals surface area contributed by atoms with E-state index in [1.807, 2.05) is 37.3 Å². The molecule has 0 aliphatic carbocycles. The lowest BCUT2D eigenvalue weighted by molar-refractivity contribution is 0.0600. The number of para-hydroxylation sites is 2. The summed E-state index contributed by atoms with van der Waals surface area (Å²) in [5, 5.41) is 6.24. The SMILES string of the molecule is COC(=O)c1cc(N2CC(CCN[C@H](C)c3cccc4ccccc34)Oc3ccccc32)ccc1C. The van der Waals surface area contributed by atoms with Crippen LogP contribution in [0, 0.1) is 6.92 Å². The Bertz CT molecular complexity index is 1380. The Labute approximate surface area is 212 Å². The van der Waals surface area contributed by atoms with Gasteiger partial charge in [0.25, 0.3) is 0 Å². The van der Waals surface area contributed by atoms with E-state index in [4.69, 9.17) is 9.47 Å². The largest absolute Gasteiger partial charge is 0.486 e. The average Bonchev–Trinajstić information content (AvgIpc) is 2.92. The number of ether oxygens (including phenoxy) is 2. The fraction of sp³-hybridized carbons (Fsp3) is 0.258. The van der Waals surface area contributed by atoms with Crippen LogP contribution >= 0.6 is 0 Å². The van der Waals surface area contributed by atoms with Crippen LogP contribution < -0.4 is 15.0 Å². The van der Waals surface area contributed by atoms with E-state index in [-0.39, 0.29) is 18.1 Å². The van der Waals surface area contributed by atoms with Crippen LogP contribution in [0.1, 0.15) is 40.9 Å². The Balaban J connectivity index is 1.32. The van der Waals surface area contributed by atoms with Crippen LogP contribution in [-0.2, 0) is 4.74 Å². The summed E-state index contributed by atoms with van der Waals surface area (Å²) in [4.78, 5) is 14.5. The number of rotatable bonds is 7. The predicted octanol–water partition coefficient (Wildman–Crippen LogP) is 6.57. The molecule has 184 valence electrons. The standard InChI is InChI=1S/C31H32N2O3/c1-21-15-16-24(19-28(21)31(34)35-3)33-20-25(36-30-14-7-6-13-29(30)33)17-18-32-22(2)26-12-8-10-23-9-4-5-11-27(23)26/h4-16,19,22,25,32H,17-18,20H2,1-3H3/t22-,25?/m1/s1. The molecule has 0 saturated carbocycles. The zero-order chi connectivity index (χ0) is 25.1. The maximum absolute atomic E-state index is 12.3. The highest BCUT2D eigenvalue weighted by Gasteiger charge is 2.27. The molecule has 5 nitrogen and oxygen atoms in total. The molecule has 2 atom stereocenters. The van der Waals surface area contributed by atoms with Gasteiger partial charge in [-0.15, -0.1) is 0 Å².